The number of fused-ring (bicyclic) bond motifs is 1. The summed E-state index contributed by atoms with van der Waals surface area (Å²) in [5, 5.41) is 11.3. The molecule has 1 aromatic carbocycles. The molecule has 0 spiro atoms. The van der Waals surface area contributed by atoms with Crippen LogP contribution in [-0.2, 0) is 20.7 Å². The number of amides is 1. The Morgan fingerprint density at radius 2 is 1.88 bits per heavy atom. The van der Waals surface area contributed by atoms with Crippen molar-refractivity contribution in [3.8, 4) is 5.75 Å². The molecule has 172 valence electrons. The van der Waals surface area contributed by atoms with Gasteiger partial charge in [0.05, 0.1) is 24.8 Å². The van der Waals surface area contributed by atoms with Crippen LogP contribution in [-0.4, -0.2) is 77.1 Å². The van der Waals surface area contributed by atoms with Gasteiger partial charge < -0.3 is 19.5 Å². The van der Waals surface area contributed by atoms with Crippen LogP contribution in [0.3, 0.4) is 0 Å². The highest BCUT2D eigenvalue weighted by Crippen LogP contribution is 2.40. The summed E-state index contributed by atoms with van der Waals surface area (Å²) in [4.78, 5) is 34.1. The number of benzene rings is 1. The number of pyridine rings is 1. The third-order valence-corrected chi connectivity index (χ3v) is 6.49. The molecule has 0 saturated carbocycles. The van der Waals surface area contributed by atoms with Gasteiger partial charge in [-0.2, -0.15) is 0 Å². The third-order valence-electron chi connectivity index (χ3n) is 6.49. The first kappa shape index (κ1) is 21.6. The summed E-state index contributed by atoms with van der Waals surface area (Å²) in [5.41, 5.74) is 2.34. The molecule has 1 amide bonds. The van der Waals surface area contributed by atoms with Gasteiger partial charge in [-0.3, -0.25) is 19.5 Å². The third kappa shape index (κ3) is 4.12. The summed E-state index contributed by atoms with van der Waals surface area (Å²) < 4.78 is 11.2. The van der Waals surface area contributed by atoms with Crippen molar-refractivity contribution in [3.05, 3.63) is 65.0 Å². The lowest BCUT2D eigenvalue weighted by Gasteiger charge is -2.31. The molecule has 3 aliphatic rings. The summed E-state index contributed by atoms with van der Waals surface area (Å²) in [6.07, 6.45) is 4.06. The Labute approximate surface area is 192 Å². The molecule has 2 aromatic rings. The van der Waals surface area contributed by atoms with Crippen molar-refractivity contribution in [3.63, 3.8) is 0 Å². The molecule has 3 aliphatic heterocycles. The van der Waals surface area contributed by atoms with Gasteiger partial charge in [0.1, 0.15) is 17.6 Å². The number of rotatable bonds is 5. The molecule has 1 N–H and O–H groups in total. The van der Waals surface area contributed by atoms with Gasteiger partial charge in [-0.15, -0.1) is 0 Å². The van der Waals surface area contributed by atoms with E-state index in [0.29, 0.717) is 31.9 Å². The number of hydrogen-bond acceptors (Lipinski definition) is 7. The number of aliphatic hydroxyl groups excluding tert-OH is 1. The second-order valence-corrected chi connectivity index (χ2v) is 8.68. The zero-order chi connectivity index (χ0) is 22.9. The topological polar surface area (TPSA) is 92.2 Å². The summed E-state index contributed by atoms with van der Waals surface area (Å²) in [6, 6.07) is 8.28. The molecule has 8 nitrogen and oxygen atoms in total. The van der Waals surface area contributed by atoms with Crippen molar-refractivity contribution < 1.29 is 24.2 Å². The molecular formula is C25H27N3O5. The average Bonchev–Trinajstić information content (AvgIpc) is 3.34. The van der Waals surface area contributed by atoms with Crippen LogP contribution < -0.4 is 4.74 Å². The maximum absolute atomic E-state index is 13.2. The highest BCUT2D eigenvalue weighted by molar-refractivity contribution is 6.46. The molecule has 2 atom stereocenters. The van der Waals surface area contributed by atoms with E-state index >= 15 is 0 Å². The van der Waals surface area contributed by atoms with Gasteiger partial charge >= 0.3 is 0 Å². The highest BCUT2D eigenvalue weighted by atomic mass is 16.5. The molecule has 2 unspecified atom stereocenters. The lowest BCUT2D eigenvalue weighted by atomic mass is 9.95. The standard InChI is InChI=1S/C25H27N3O5/c1-16-14-19-15-18(2-3-20(19)33-16)23(29)21-22(17-4-6-26-7-5-17)28(25(31)24(21)30)9-8-27-10-12-32-13-11-27/h2-7,15-16,22,29H,8-14H2,1H3/b23-21+. The van der Waals surface area contributed by atoms with E-state index < -0.39 is 17.7 Å². The molecule has 2 fully saturated rings. The molecule has 2 saturated heterocycles. The zero-order valence-corrected chi connectivity index (χ0v) is 18.6. The van der Waals surface area contributed by atoms with E-state index in [1.165, 1.54) is 0 Å². The number of carbonyl (C=O) groups is 2. The first-order chi connectivity index (χ1) is 16.0. The minimum Gasteiger partial charge on any atom is -0.507 e. The van der Waals surface area contributed by atoms with Gasteiger partial charge in [0.2, 0.25) is 0 Å². The Morgan fingerprint density at radius 3 is 2.64 bits per heavy atom. The number of carbonyl (C=O) groups excluding carboxylic acids is 2. The van der Waals surface area contributed by atoms with Crippen LogP contribution in [0, 0.1) is 0 Å². The second-order valence-electron chi connectivity index (χ2n) is 8.68. The fourth-order valence-electron chi connectivity index (χ4n) is 4.80. The summed E-state index contributed by atoms with van der Waals surface area (Å²) in [6.45, 7) is 5.90. The summed E-state index contributed by atoms with van der Waals surface area (Å²) >= 11 is 0. The van der Waals surface area contributed by atoms with Crippen LogP contribution in [0.1, 0.15) is 29.7 Å². The van der Waals surface area contributed by atoms with Crippen LogP contribution in [0.15, 0.2) is 48.3 Å². The van der Waals surface area contributed by atoms with E-state index in [1.807, 2.05) is 19.1 Å². The minimum atomic E-state index is -0.669. The van der Waals surface area contributed by atoms with Gasteiger partial charge in [-0.05, 0) is 48.4 Å². The van der Waals surface area contributed by atoms with E-state index in [-0.39, 0.29) is 17.4 Å². The van der Waals surface area contributed by atoms with Crippen molar-refractivity contribution in [1.82, 2.24) is 14.8 Å². The number of likely N-dealkylation sites (tertiary alicyclic amines) is 1. The van der Waals surface area contributed by atoms with Crippen LogP contribution in [0.4, 0.5) is 0 Å². The van der Waals surface area contributed by atoms with Crippen LogP contribution >= 0.6 is 0 Å². The molecular weight excluding hydrogens is 422 g/mol. The smallest absolute Gasteiger partial charge is 0.295 e. The highest BCUT2D eigenvalue weighted by Gasteiger charge is 2.46. The Kier molecular flexibility index (Phi) is 5.86. The number of morpholine rings is 1. The van der Waals surface area contributed by atoms with Gasteiger partial charge in [0.25, 0.3) is 11.7 Å². The Bertz CT molecular complexity index is 1090. The predicted molar refractivity (Wildman–Crippen MR) is 121 cm³/mol. The number of ketones is 1. The normalized spacial score (nSPS) is 24.7. The number of hydrogen-bond donors (Lipinski definition) is 1. The number of aromatic nitrogens is 1. The minimum absolute atomic E-state index is 0.0694. The molecule has 8 heteroatoms. The lowest BCUT2D eigenvalue weighted by molar-refractivity contribution is -0.140. The first-order valence-corrected chi connectivity index (χ1v) is 11.3. The van der Waals surface area contributed by atoms with Crippen molar-refractivity contribution in [1.29, 1.82) is 0 Å². The SMILES string of the molecule is CC1Cc2cc(/C(O)=C3\C(=O)C(=O)N(CCN4CCOCC4)C3c3ccncc3)ccc2O1. The molecule has 33 heavy (non-hydrogen) atoms. The summed E-state index contributed by atoms with van der Waals surface area (Å²) in [7, 11) is 0. The maximum atomic E-state index is 13.2. The quantitative estimate of drug-likeness (QED) is 0.425. The molecule has 0 aliphatic carbocycles. The largest absolute Gasteiger partial charge is 0.507 e. The van der Waals surface area contributed by atoms with Crippen molar-refractivity contribution in [2.24, 2.45) is 0 Å². The van der Waals surface area contributed by atoms with E-state index in [4.69, 9.17) is 9.47 Å². The van der Waals surface area contributed by atoms with E-state index in [0.717, 1.165) is 36.4 Å². The fourth-order valence-corrected chi connectivity index (χ4v) is 4.80. The van der Waals surface area contributed by atoms with Crippen LogP contribution in [0.25, 0.3) is 5.76 Å². The van der Waals surface area contributed by atoms with Crippen LogP contribution in [0.5, 0.6) is 5.75 Å². The lowest BCUT2D eigenvalue weighted by Crippen LogP contribution is -2.42. The molecule has 5 rings (SSSR count). The van der Waals surface area contributed by atoms with Crippen molar-refractivity contribution in [2.45, 2.75) is 25.5 Å². The Morgan fingerprint density at radius 1 is 1.12 bits per heavy atom. The maximum Gasteiger partial charge on any atom is 0.295 e. The second kappa shape index (κ2) is 8.96. The summed E-state index contributed by atoms with van der Waals surface area (Å²) in [5.74, 6) is -0.631. The monoisotopic (exact) mass is 449 g/mol. The molecule has 4 heterocycles. The number of nitrogens with zero attached hydrogens (tertiary/aromatic N) is 3. The Hall–Kier alpha value is -3.23. The van der Waals surface area contributed by atoms with Crippen molar-refractivity contribution >= 4 is 17.4 Å². The van der Waals surface area contributed by atoms with E-state index in [9.17, 15) is 14.7 Å². The van der Waals surface area contributed by atoms with Gasteiger partial charge in [0, 0.05) is 50.6 Å². The molecule has 0 radical (unpaired) electrons. The molecule has 1 aromatic heterocycles. The van der Waals surface area contributed by atoms with Gasteiger partial charge in [-0.1, -0.05) is 0 Å². The number of Topliss-reactive ketones (excluding diaryl/α,β-unsaturated/α-hetero) is 1. The van der Waals surface area contributed by atoms with Crippen LogP contribution in [0.2, 0.25) is 0 Å². The van der Waals surface area contributed by atoms with E-state index in [1.54, 1.807) is 35.5 Å². The molecule has 0 bridgehead atoms. The van der Waals surface area contributed by atoms with Gasteiger partial charge in [-0.25, -0.2) is 0 Å². The predicted octanol–water partition coefficient (Wildman–Crippen LogP) is 2.16. The fraction of sp³-hybridized carbons (Fsp3) is 0.400. The number of aliphatic hydroxyl groups is 1. The zero-order valence-electron chi connectivity index (χ0n) is 18.6. The first-order valence-electron chi connectivity index (χ1n) is 11.3. The number of ether oxygens (including phenoxy) is 2. The van der Waals surface area contributed by atoms with E-state index in [2.05, 4.69) is 9.88 Å². The average molecular weight is 450 g/mol. The Balaban J connectivity index is 1.51. The van der Waals surface area contributed by atoms with Gasteiger partial charge in [0.15, 0.2) is 0 Å². The van der Waals surface area contributed by atoms with Crippen molar-refractivity contribution in [2.75, 3.05) is 39.4 Å².